The molecule has 2 aromatic rings. The van der Waals surface area contributed by atoms with Crippen molar-refractivity contribution >= 4 is 12.6 Å². The van der Waals surface area contributed by atoms with Gasteiger partial charge in [0.2, 0.25) is 0 Å². The Labute approximate surface area is 112 Å². The van der Waals surface area contributed by atoms with Crippen molar-refractivity contribution in [3.63, 3.8) is 0 Å². The molecule has 0 saturated heterocycles. The fourth-order valence-corrected chi connectivity index (χ4v) is 1.35. The topological polar surface area (TPSA) is 49.7 Å². The first-order chi connectivity index (χ1) is 9.15. The van der Waals surface area contributed by atoms with Gasteiger partial charge in [0.15, 0.2) is 0 Å². The minimum Gasteiger partial charge on any atom is -0.457 e. The van der Waals surface area contributed by atoms with Crippen molar-refractivity contribution in [2.75, 3.05) is 0 Å². The van der Waals surface area contributed by atoms with Crippen LogP contribution >= 0.6 is 0 Å². The Morgan fingerprint density at radius 3 is 1.68 bits per heavy atom. The molecule has 0 bridgehead atoms. The quantitative estimate of drug-likeness (QED) is 0.834. The molecule has 0 aromatic heterocycles. The third-order valence-corrected chi connectivity index (χ3v) is 2.23. The normalized spacial score (nSPS) is 9.32. The van der Waals surface area contributed by atoms with Gasteiger partial charge in [-0.05, 0) is 41.9 Å². The van der Waals surface area contributed by atoms with Crippen molar-refractivity contribution in [3.05, 3.63) is 54.3 Å². The Morgan fingerprint density at radius 1 is 0.842 bits per heavy atom. The average molecular weight is 262 g/mol. The Balaban J connectivity index is 0.000000861. The molecule has 0 aliphatic carbocycles. The van der Waals surface area contributed by atoms with E-state index in [9.17, 15) is 4.39 Å². The van der Waals surface area contributed by atoms with Gasteiger partial charge >= 0.3 is 7.12 Å². The van der Waals surface area contributed by atoms with Crippen LogP contribution in [0.25, 0.3) is 0 Å². The molecule has 2 rings (SSSR count). The summed E-state index contributed by atoms with van der Waals surface area (Å²) in [5, 5.41) is 17.8. The summed E-state index contributed by atoms with van der Waals surface area (Å²) in [7, 11) is -1.49. The summed E-state index contributed by atoms with van der Waals surface area (Å²) in [6, 6.07) is 12.0. The summed E-state index contributed by atoms with van der Waals surface area (Å²) in [6.07, 6.45) is 0. The van der Waals surface area contributed by atoms with Crippen LogP contribution in [0.4, 0.5) is 4.39 Å². The number of rotatable bonds is 3. The molecule has 0 aliphatic rings. The molecule has 0 radical (unpaired) electrons. The highest BCUT2D eigenvalue weighted by Crippen LogP contribution is 2.20. The first-order valence-corrected chi connectivity index (χ1v) is 6.05. The standard InChI is InChI=1S/C12H10BFO3.C2H6/c14-10-3-7-12(8-4-10)17-11-5-1-9(2-6-11)13(15)16;1-2/h1-8,15-16H;1-2H3. The lowest BCUT2D eigenvalue weighted by atomic mass is 9.80. The molecule has 0 unspecified atom stereocenters. The summed E-state index contributed by atoms with van der Waals surface area (Å²) in [5.41, 5.74) is 0.386. The molecule has 0 amide bonds. The van der Waals surface area contributed by atoms with Crippen molar-refractivity contribution in [3.8, 4) is 11.5 Å². The summed E-state index contributed by atoms with van der Waals surface area (Å²) in [4.78, 5) is 0. The molecule has 5 heteroatoms. The first-order valence-electron chi connectivity index (χ1n) is 6.05. The van der Waals surface area contributed by atoms with E-state index in [1.165, 1.54) is 24.3 Å². The first kappa shape index (κ1) is 15.2. The van der Waals surface area contributed by atoms with Gasteiger partial charge in [0.25, 0.3) is 0 Å². The van der Waals surface area contributed by atoms with E-state index in [0.29, 0.717) is 17.0 Å². The SMILES string of the molecule is CC.OB(O)c1ccc(Oc2ccc(F)cc2)cc1. The number of hydrogen-bond acceptors (Lipinski definition) is 3. The minimum absolute atomic E-state index is 0.323. The van der Waals surface area contributed by atoms with E-state index in [1.54, 1.807) is 24.3 Å². The van der Waals surface area contributed by atoms with Gasteiger partial charge in [0.05, 0.1) is 0 Å². The third-order valence-electron chi connectivity index (χ3n) is 2.23. The molecule has 19 heavy (non-hydrogen) atoms. The summed E-state index contributed by atoms with van der Waals surface area (Å²) >= 11 is 0. The highest BCUT2D eigenvalue weighted by atomic mass is 19.1. The van der Waals surface area contributed by atoms with Gasteiger partial charge < -0.3 is 14.8 Å². The third kappa shape index (κ3) is 4.73. The van der Waals surface area contributed by atoms with E-state index < -0.39 is 7.12 Å². The average Bonchev–Trinajstić information content (AvgIpc) is 2.44. The van der Waals surface area contributed by atoms with E-state index in [4.69, 9.17) is 14.8 Å². The van der Waals surface area contributed by atoms with Crippen molar-refractivity contribution < 1.29 is 19.2 Å². The molecule has 3 nitrogen and oxygen atoms in total. The van der Waals surface area contributed by atoms with Crippen LogP contribution in [0, 0.1) is 5.82 Å². The van der Waals surface area contributed by atoms with Crippen molar-refractivity contribution in [1.82, 2.24) is 0 Å². The molecule has 0 saturated carbocycles. The molecule has 0 aliphatic heterocycles. The second-order valence-corrected chi connectivity index (χ2v) is 3.50. The number of halogens is 1. The van der Waals surface area contributed by atoms with Crippen molar-refractivity contribution in [2.24, 2.45) is 0 Å². The Bertz CT molecular complexity index is 483. The van der Waals surface area contributed by atoms with Gasteiger partial charge in [-0.25, -0.2) is 4.39 Å². The van der Waals surface area contributed by atoms with Crippen LogP contribution in [0.2, 0.25) is 0 Å². The number of hydrogen-bond donors (Lipinski definition) is 2. The van der Waals surface area contributed by atoms with E-state index in [1.807, 2.05) is 13.8 Å². The van der Waals surface area contributed by atoms with Gasteiger partial charge in [0, 0.05) is 0 Å². The van der Waals surface area contributed by atoms with Gasteiger partial charge in [-0.2, -0.15) is 0 Å². The maximum Gasteiger partial charge on any atom is 0.488 e. The van der Waals surface area contributed by atoms with E-state index in [0.717, 1.165) is 0 Å². The molecule has 2 N–H and O–H groups in total. The zero-order chi connectivity index (χ0) is 14.3. The maximum atomic E-state index is 12.7. The van der Waals surface area contributed by atoms with E-state index in [-0.39, 0.29) is 5.82 Å². The van der Waals surface area contributed by atoms with Gasteiger partial charge in [0.1, 0.15) is 17.3 Å². The lowest BCUT2D eigenvalue weighted by Gasteiger charge is -2.06. The zero-order valence-electron chi connectivity index (χ0n) is 10.9. The molecule has 0 heterocycles. The Hall–Kier alpha value is -1.85. The van der Waals surface area contributed by atoms with Crippen LogP contribution in [-0.2, 0) is 0 Å². The van der Waals surface area contributed by atoms with Crippen molar-refractivity contribution in [2.45, 2.75) is 13.8 Å². The van der Waals surface area contributed by atoms with Gasteiger partial charge in [-0.3, -0.25) is 0 Å². The van der Waals surface area contributed by atoms with Crippen LogP contribution < -0.4 is 10.2 Å². The molecule has 0 fully saturated rings. The lowest BCUT2D eigenvalue weighted by Crippen LogP contribution is -2.29. The second kappa shape index (κ2) is 7.56. The highest BCUT2D eigenvalue weighted by Gasteiger charge is 2.09. The van der Waals surface area contributed by atoms with Crippen LogP contribution in [0.3, 0.4) is 0 Å². The number of ether oxygens (including phenoxy) is 1. The zero-order valence-corrected chi connectivity index (χ0v) is 10.9. The molecule has 0 atom stereocenters. The summed E-state index contributed by atoms with van der Waals surface area (Å²) < 4.78 is 18.1. The second-order valence-electron chi connectivity index (χ2n) is 3.50. The van der Waals surface area contributed by atoms with Crippen molar-refractivity contribution in [1.29, 1.82) is 0 Å². The van der Waals surface area contributed by atoms with Gasteiger partial charge in [-0.1, -0.05) is 26.0 Å². The minimum atomic E-state index is -1.49. The molecule has 2 aromatic carbocycles. The fourth-order valence-electron chi connectivity index (χ4n) is 1.35. The Kier molecular flexibility index (Phi) is 6.05. The predicted molar refractivity (Wildman–Crippen MR) is 74.1 cm³/mol. The molecular weight excluding hydrogens is 246 g/mol. The number of benzene rings is 2. The van der Waals surface area contributed by atoms with Crippen LogP contribution in [0.5, 0.6) is 11.5 Å². The van der Waals surface area contributed by atoms with Crippen LogP contribution in [0.15, 0.2) is 48.5 Å². The predicted octanol–water partition coefficient (Wildman–Crippen LogP) is 2.32. The van der Waals surface area contributed by atoms with E-state index >= 15 is 0 Å². The monoisotopic (exact) mass is 262 g/mol. The molecule has 0 spiro atoms. The smallest absolute Gasteiger partial charge is 0.457 e. The van der Waals surface area contributed by atoms with Crippen LogP contribution in [0.1, 0.15) is 13.8 Å². The molecule has 100 valence electrons. The largest absolute Gasteiger partial charge is 0.488 e. The maximum absolute atomic E-state index is 12.7. The summed E-state index contributed by atoms with van der Waals surface area (Å²) in [5.74, 6) is 0.737. The lowest BCUT2D eigenvalue weighted by molar-refractivity contribution is 0.425. The highest BCUT2D eigenvalue weighted by molar-refractivity contribution is 6.58. The van der Waals surface area contributed by atoms with E-state index in [2.05, 4.69) is 0 Å². The fraction of sp³-hybridized carbons (Fsp3) is 0.143. The van der Waals surface area contributed by atoms with Gasteiger partial charge in [-0.15, -0.1) is 0 Å². The Morgan fingerprint density at radius 2 is 1.26 bits per heavy atom. The molecular formula is C14H16BFO3. The van der Waals surface area contributed by atoms with Crippen LogP contribution in [-0.4, -0.2) is 17.2 Å². The summed E-state index contributed by atoms with van der Waals surface area (Å²) in [6.45, 7) is 4.00.